The summed E-state index contributed by atoms with van der Waals surface area (Å²) in [5.41, 5.74) is 10.9. The quantitative estimate of drug-likeness (QED) is 0.104. The lowest BCUT2D eigenvalue weighted by atomic mass is 10.0. The SMILES string of the molecule is [C-]#[N+]C(C(N)=O)=C1Sc2c(OCC(CC)CCCC)c3c(c(OCC(CC)CCCC)c2S1)SC(=C(C#N)C(N)=O)S3. The van der Waals surface area contributed by atoms with E-state index in [0.29, 0.717) is 45.0 Å². The third-order valence-corrected chi connectivity index (χ3v) is 12.3. The summed E-state index contributed by atoms with van der Waals surface area (Å²) in [7, 11) is 0. The standard InChI is InChI=1S/C30H38N4O4S4/c1-6-10-12-17(8-3)15-37-21-23-24(40-29(39-23)19(14-31)27(32)35)22(38-16-18(9-4)13-11-7-2)26-25(21)41-30(42-26)20(34-5)28(33)36/h17-18H,6-13,15-16H2,1-4H3,(H2,32,35)(H2,33,36). The molecule has 1 aromatic carbocycles. The molecule has 2 atom stereocenters. The molecule has 0 bridgehead atoms. The Labute approximate surface area is 266 Å². The van der Waals surface area contributed by atoms with Crippen molar-refractivity contribution in [2.75, 3.05) is 13.2 Å². The highest BCUT2D eigenvalue weighted by molar-refractivity contribution is 8.26. The van der Waals surface area contributed by atoms with E-state index in [-0.39, 0.29) is 11.3 Å². The van der Waals surface area contributed by atoms with Crippen molar-refractivity contribution in [3.63, 3.8) is 0 Å². The highest BCUT2D eigenvalue weighted by atomic mass is 32.2. The number of unbranched alkanes of at least 4 members (excludes halogenated alkanes) is 2. The van der Waals surface area contributed by atoms with Crippen LogP contribution in [0.4, 0.5) is 0 Å². The summed E-state index contributed by atoms with van der Waals surface area (Å²) in [5, 5.41) is 9.71. The van der Waals surface area contributed by atoms with Gasteiger partial charge in [-0.05, 0) is 24.7 Å². The molecule has 42 heavy (non-hydrogen) atoms. The zero-order valence-electron chi connectivity index (χ0n) is 24.5. The van der Waals surface area contributed by atoms with Gasteiger partial charge < -0.3 is 20.9 Å². The first-order valence-electron chi connectivity index (χ1n) is 14.3. The summed E-state index contributed by atoms with van der Waals surface area (Å²) in [4.78, 5) is 30.7. The number of carbonyl (C=O) groups is 2. The zero-order valence-corrected chi connectivity index (χ0v) is 27.8. The van der Waals surface area contributed by atoms with E-state index >= 15 is 0 Å². The van der Waals surface area contributed by atoms with E-state index in [2.05, 4.69) is 32.5 Å². The van der Waals surface area contributed by atoms with Crippen LogP contribution in [0.1, 0.15) is 79.1 Å². The monoisotopic (exact) mass is 646 g/mol. The number of carbonyl (C=O) groups excluding carboxylic acids is 2. The molecule has 0 aliphatic carbocycles. The lowest BCUT2D eigenvalue weighted by molar-refractivity contribution is -0.115. The fourth-order valence-electron chi connectivity index (χ4n) is 4.46. The summed E-state index contributed by atoms with van der Waals surface area (Å²) >= 11 is 5.13. The highest BCUT2D eigenvalue weighted by Crippen LogP contribution is 2.68. The molecular weight excluding hydrogens is 609 g/mol. The van der Waals surface area contributed by atoms with Crippen LogP contribution in [0.5, 0.6) is 11.5 Å². The van der Waals surface area contributed by atoms with Crippen molar-refractivity contribution in [2.24, 2.45) is 23.3 Å². The van der Waals surface area contributed by atoms with Crippen molar-refractivity contribution in [3.05, 3.63) is 31.2 Å². The molecule has 3 rings (SSSR count). The first-order valence-corrected chi connectivity index (χ1v) is 17.6. The number of thioether (sulfide) groups is 4. The Kier molecular flexibility index (Phi) is 13.4. The number of primary amides is 2. The minimum absolute atomic E-state index is 0.105. The maximum Gasteiger partial charge on any atom is 0.269 e. The average molecular weight is 647 g/mol. The van der Waals surface area contributed by atoms with Crippen molar-refractivity contribution in [1.82, 2.24) is 0 Å². The molecule has 0 saturated carbocycles. The van der Waals surface area contributed by atoms with Gasteiger partial charge in [0.1, 0.15) is 23.1 Å². The van der Waals surface area contributed by atoms with Crippen LogP contribution in [0.15, 0.2) is 39.3 Å². The number of rotatable bonds is 16. The second-order valence-electron chi connectivity index (χ2n) is 10.1. The number of amides is 2. The maximum absolute atomic E-state index is 12.1. The first-order chi connectivity index (χ1) is 20.2. The molecule has 2 aliphatic heterocycles. The van der Waals surface area contributed by atoms with E-state index in [1.54, 1.807) is 0 Å². The molecule has 0 aromatic heterocycles. The molecule has 2 unspecified atom stereocenters. The van der Waals surface area contributed by atoms with Gasteiger partial charge in [0.05, 0.1) is 47.8 Å². The molecule has 2 amide bonds. The molecule has 0 saturated heterocycles. The summed E-state index contributed by atoms with van der Waals surface area (Å²) in [5.74, 6) is 0.348. The number of nitriles is 1. The Morgan fingerprint density at radius 1 is 0.810 bits per heavy atom. The van der Waals surface area contributed by atoms with Crippen molar-refractivity contribution in [1.29, 1.82) is 5.26 Å². The second-order valence-corrected chi connectivity index (χ2v) is 14.7. The van der Waals surface area contributed by atoms with Crippen LogP contribution in [-0.4, -0.2) is 25.0 Å². The summed E-state index contributed by atoms with van der Waals surface area (Å²) in [6, 6.07) is 1.96. The third-order valence-electron chi connectivity index (χ3n) is 7.13. The topological polar surface area (TPSA) is 133 Å². The van der Waals surface area contributed by atoms with Crippen molar-refractivity contribution in [3.8, 4) is 17.6 Å². The number of hydrogen-bond donors (Lipinski definition) is 2. The van der Waals surface area contributed by atoms with Gasteiger partial charge in [-0.2, -0.15) is 5.26 Å². The molecule has 0 fully saturated rings. The Hall–Kier alpha value is -2.38. The number of ether oxygens (including phenoxy) is 2. The number of nitrogens with zero attached hydrogens (tertiary/aromatic N) is 2. The van der Waals surface area contributed by atoms with Crippen LogP contribution in [-0.2, 0) is 9.59 Å². The molecular formula is C30H38N4O4S4. The fourth-order valence-corrected chi connectivity index (χ4v) is 9.91. The Morgan fingerprint density at radius 3 is 1.55 bits per heavy atom. The van der Waals surface area contributed by atoms with Crippen LogP contribution in [0.25, 0.3) is 4.85 Å². The molecule has 226 valence electrons. The summed E-state index contributed by atoms with van der Waals surface area (Å²) in [6.07, 6.45) is 8.42. The minimum atomic E-state index is -0.786. The minimum Gasteiger partial charge on any atom is -0.491 e. The van der Waals surface area contributed by atoms with Crippen LogP contribution < -0.4 is 20.9 Å². The molecule has 2 heterocycles. The Bertz CT molecular complexity index is 1200. The predicted molar refractivity (Wildman–Crippen MR) is 172 cm³/mol. The zero-order chi connectivity index (χ0) is 30.8. The second kappa shape index (κ2) is 16.5. The van der Waals surface area contributed by atoms with Gasteiger partial charge in [0.15, 0.2) is 0 Å². The van der Waals surface area contributed by atoms with Gasteiger partial charge in [-0.15, -0.1) is 0 Å². The van der Waals surface area contributed by atoms with Crippen LogP contribution in [0.2, 0.25) is 0 Å². The van der Waals surface area contributed by atoms with E-state index in [1.807, 2.05) is 6.07 Å². The molecule has 2 aliphatic rings. The van der Waals surface area contributed by atoms with Gasteiger partial charge in [-0.3, -0.25) is 9.59 Å². The number of hydrogen-bond acceptors (Lipinski definition) is 9. The van der Waals surface area contributed by atoms with Gasteiger partial charge in [-0.25, -0.2) is 4.85 Å². The Morgan fingerprint density at radius 2 is 1.24 bits per heavy atom. The Balaban J connectivity index is 2.19. The number of nitrogens with two attached hydrogens (primary N) is 2. The number of benzene rings is 1. The van der Waals surface area contributed by atoms with Crippen molar-refractivity contribution in [2.45, 2.75) is 98.6 Å². The van der Waals surface area contributed by atoms with Gasteiger partial charge in [0, 0.05) is 0 Å². The van der Waals surface area contributed by atoms with Gasteiger partial charge >= 0.3 is 0 Å². The molecule has 4 N–H and O–H groups in total. The lowest BCUT2D eigenvalue weighted by Crippen LogP contribution is -2.14. The molecule has 8 nitrogen and oxygen atoms in total. The number of fused-ring (bicyclic) bond motifs is 2. The smallest absolute Gasteiger partial charge is 0.269 e. The van der Waals surface area contributed by atoms with Gasteiger partial charge in [-0.1, -0.05) is 113 Å². The molecule has 1 aromatic rings. The van der Waals surface area contributed by atoms with Crippen LogP contribution >= 0.6 is 47.0 Å². The molecule has 0 spiro atoms. The third kappa shape index (κ3) is 7.96. The first kappa shape index (κ1) is 34.1. The van der Waals surface area contributed by atoms with E-state index < -0.39 is 11.8 Å². The van der Waals surface area contributed by atoms with E-state index in [0.717, 1.165) is 70.9 Å². The lowest BCUT2D eigenvalue weighted by Gasteiger charge is -2.22. The fraction of sp³-hybridized carbons (Fsp3) is 0.533. The van der Waals surface area contributed by atoms with E-state index in [9.17, 15) is 14.9 Å². The predicted octanol–water partition coefficient (Wildman–Crippen LogP) is 8.07. The normalized spacial score (nSPS) is 14.8. The van der Waals surface area contributed by atoms with E-state index in [4.69, 9.17) is 27.5 Å². The van der Waals surface area contributed by atoms with E-state index in [1.165, 1.54) is 47.0 Å². The van der Waals surface area contributed by atoms with Gasteiger partial charge in [0.2, 0.25) is 5.91 Å². The largest absolute Gasteiger partial charge is 0.491 e. The summed E-state index contributed by atoms with van der Waals surface area (Å²) in [6.45, 7) is 17.2. The average Bonchev–Trinajstić information content (AvgIpc) is 3.59. The van der Waals surface area contributed by atoms with Crippen LogP contribution in [0.3, 0.4) is 0 Å². The molecule has 12 heteroatoms. The van der Waals surface area contributed by atoms with Crippen molar-refractivity contribution < 1.29 is 19.1 Å². The van der Waals surface area contributed by atoms with Crippen LogP contribution in [0, 0.1) is 29.7 Å². The van der Waals surface area contributed by atoms with Gasteiger partial charge in [0.25, 0.3) is 11.6 Å². The highest BCUT2D eigenvalue weighted by Gasteiger charge is 2.39. The van der Waals surface area contributed by atoms with Crippen molar-refractivity contribution >= 4 is 58.9 Å². The summed E-state index contributed by atoms with van der Waals surface area (Å²) < 4.78 is 14.1. The maximum atomic E-state index is 12.1. The molecule has 0 radical (unpaired) electrons.